The molecule has 2 fully saturated rings. The molecule has 2 aliphatic rings. The maximum atomic E-state index is 13.7. The van der Waals surface area contributed by atoms with E-state index in [1.54, 1.807) is 25.3 Å². The minimum atomic E-state index is -1.22. The summed E-state index contributed by atoms with van der Waals surface area (Å²) in [4.78, 5) is 43.2. The van der Waals surface area contributed by atoms with Crippen molar-refractivity contribution in [1.29, 1.82) is 0 Å². The number of likely N-dealkylation sites (tertiary alicyclic amines) is 2. The number of ether oxygens (including phenoxy) is 2. The minimum absolute atomic E-state index is 0.0288. The highest BCUT2D eigenvalue weighted by molar-refractivity contribution is 6.10. The molecular weight excluding hydrogens is 444 g/mol. The predicted octanol–water partition coefficient (Wildman–Crippen LogP) is 3.21. The Morgan fingerprint density at radius 2 is 1.77 bits per heavy atom. The van der Waals surface area contributed by atoms with E-state index in [4.69, 9.17) is 9.47 Å². The number of hydrogen-bond acceptors (Lipinski definition) is 5. The van der Waals surface area contributed by atoms with Crippen LogP contribution in [-0.4, -0.2) is 68.0 Å². The van der Waals surface area contributed by atoms with Crippen LogP contribution < -0.4 is 4.74 Å². The molecule has 4 rings (SSSR count). The van der Waals surface area contributed by atoms with E-state index in [9.17, 15) is 14.4 Å². The molecular formula is C28H34N2O5. The van der Waals surface area contributed by atoms with Crippen molar-refractivity contribution in [2.45, 2.75) is 37.5 Å². The van der Waals surface area contributed by atoms with Crippen molar-refractivity contribution in [2.75, 3.05) is 40.5 Å². The maximum absolute atomic E-state index is 13.7. The Morgan fingerprint density at radius 1 is 1.03 bits per heavy atom. The smallest absolute Gasteiger partial charge is 0.240 e. The van der Waals surface area contributed by atoms with Gasteiger partial charge in [0.1, 0.15) is 5.75 Å². The lowest BCUT2D eigenvalue weighted by Gasteiger charge is -2.35. The van der Waals surface area contributed by atoms with Crippen LogP contribution in [0, 0.1) is 5.92 Å². The molecule has 7 heteroatoms. The fourth-order valence-electron chi connectivity index (χ4n) is 5.30. The Kier molecular flexibility index (Phi) is 7.86. The number of nitrogens with zero attached hydrogens (tertiary/aromatic N) is 2. The van der Waals surface area contributed by atoms with Crippen LogP contribution in [-0.2, 0) is 31.0 Å². The van der Waals surface area contributed by atoms with Crippen LogP contribution in [0.15, 0.2) is 54.6 Å². The summed E-state index contributed by atoms with van der Waals surface area (Å²) in [5, 5.41) is 0. The normalized spacial score (nSPS) is 21.0. The summed E-state index contributed by atoms with van der Waals surface area (Å²) in [7, 11) is 3.09. The third kappa shape index (κ3) is 5.40. The van der Waals surface area contributed by atoms with Gasteiger partial charge in [0.25, 0.3) is 0 Å². The van der Waals surface area contributed by atoms with E-state index in [-0.39, 0.29) is 43.7 Å². The standard InChI is InChI=1S/C28H34N2O5/c1-34-16-15-30-26(32)20-28(27(30)33,23-9-6-10-24(18-23)35-2)19-25(31)29-13-11-22(12-14-29)17-21-7-4-3-5-8-21/h3-10,18,22H,11-17,19-20H2,1-2H3. The quantitative estimate of drug-likeness (QED) is 0.518. The molecule has 35 heavy (non-hydrogen) atoms. The number of carbonyl (C=O) groups excluding carboxylic acids is 3. The molecule has 3 amide bonds. The molecule has 2 aliphatic heterocycles. The second-order valence-corrected chi connectivity index (χ2v) is 9.52. The van der Waals surface area contributed by atoms with Crippen molar-refractivity contribution in [2.24, 2.45) is 5.92 Å². The van der Waals surface area contributed by atoms with Crippen LogP contribution >= 0.6 is 0 Å². The van der Waals surface area contributed by atoms with Crippen LogP contribution in [0.2, 0.25) is 0 Å². The number of methoxy groups -OCH3 is 2. The number of carbonyl (C=O) groups is 3. The molecule has 0 spiro atoms. The summed E-state index contributed by atoms with van der Waals surface area (Å²) >= 11 is 0. The Morgan fingerprint density at radius 3 is 2.46 bits per heavy atom. The summed E-state index contributed by atoms with van der Waals surface area (Å²) < 4.78 is 10.5. The third-order valence-electron chi connectivity index (χ3n) is 7.34. The second kappa shape index (κ2) is 11.0. The van der Waals surface area contributed by atoms with Crippen molar-refractivity contribution in [1.82, 2.24) is 9.80 Å². The third-order valence-corrected chi connectivity index (χ3v) is 7.34. The number of amides is 3. The number of rotatable bonds is 9. The zero-order chi connectivity index (χ0) is 24.8. The summed E-state index contributed by atoms with van der Waals surface area (Å²) in [6.07, 6.45) is 2.81. The lowest BCUT2D eigenvalue weighted by molar-refractivity contribution is -0.143. The number of benzene rings is 2. The van der Waals surface area contributed by atoms with Crippen LogP contribution in [0.1, 0.15) is 36.8 Å². The van der Waals surface area contributed by atoms with E-state index >= 15 is 0 Å². The van der Waals surface area contributed by atoms with Gasteiger partial charge in [0.05, 0.1) is 25.7 Å². The van der Waals surface area contributed by atoms with Gasteiger partial charge in [0.15, 0.2) is 0 Å². The van der Waals surface area contributed by atoms with Gasteiger partial charge < -0.3 is 14.4 Å². The van der Waals surface area contributed by atoms with Crippen LogP contribution in [0.25, 0.3) is 0 Å². The highest BCUT2D eigenvalue weighted by Crippen LogP contribution is 2.41. The molecule has 0 saturated carbocycles. The van der Waals surface area contributed by atoms with Crippen molar-refractivity contribution in [3.8, 4) is 5.75 Å². The highest BCUT2D eigenvalue weighted by Gasteiger charge is 2.54. The monoisotopic (exact) mass is 478 g/mol. The number of imide groups is 1. The molecule has 2 aromatic carbocycles. The molecule has 186 valence electrons. The molecule has 2 saturated heterocycles. The number of piperidine rings is 1. The van der Waals surface area contributed by atoms with Gasteiger partial charge in [0, 0.05) is 33.0 Å². The molecule has 0 radical (unpaired) electrons. The average molecular weight is 479 g/mol. The van der Waals surface area contributed by atoms with E-state index in [1.165, 1.54) is 17.6 Å². The van der Waals surface area contributed by atoms with Gasteiger partial charge in [-0.05, 0) is 48.4 Å². The fourth-order valence-corrected chi connectivity index (χ4v) is 5.30. The Bertz CT molecular complexity index is 1050. The highest BCUT2D eigenvalue weighted by atomic mass is 16.5. The van der Waals surface area contributed by atoms with Crippen molar-refractivity contribution in [3.05, 3.63) is 65.7 Å². The maximum Gasteiger partial charge on any atom is 0.240 e. The largest absolute Gasteiger partial charge is 0.497 e. The van der Waals surface area contributed by atoms with E-state index in [0.29, 0.717) is 30.3 Å². The summed E-state index contributed by atoms with van der Waals surface area (Å²) in [6.45, 7) is 1.77. The summed E-state index contributed by atoms with van der Waals surface area (Å²) in [6, 6.07) is 17.6. The zero-order valence-corrected chi connectivity index (χ0v) is 20.6. The van der Waals surface area contributed by atoms with Gasteiger partial charge >= 0.3 is 0 Å². The minimum Gasteiger partial charge on any atom is -0.497 e. The van der Waals surface area contributed by atoms with Crippen molar-refractivity contribution < 1.29 is 23.9 Å². The Labute approximate surface area is 207 Å². The summed E-state index contributed by atoms with van der Waals surface area (Å²) in [5.41, 5.74) is 0.736. The number of hydrogen-bond donors (Lipinski definition) is 0. The first-order valence-electron chi connectivity index (χ1n) is 12.3. The summed E-state index contributed by atoms with van der Waals surface area (Å²) in [5.74, 6) is 0.435. The second-order valence-electron chi connectivity index (χ2n) is 9.52. The lowest BCUT2D eigenvalue weighted by atomic mass is 9.75. The molecule has 7 nitrogen and oxygen atoms in total. The molecule has 0 N–H and O–H groups in total. The van der Waals surface area contributed by atoms with Gasteiger partial charge in [-0.15, -0.1) is 0 Å². The van der Waals surface area contributed by atoms with Crippen molar-refractivity contribution >= 4 is 17.7 Å². The molecule has 1 unspecified atom stereocenters. The van der Waals surface area contributed by atoms with Gasteiger partial charge in [-0.3, -0.25) is 19.3 Å². The van der Waals surface area contributed by atoms with Gasteiger partial charge in [0.2, 0.25) is 17.7 Å². The molecule has 0 aromatic heterocycles. The van der Waals surface area contributed by atoms with Crippen LogP contribution in [0.3, 0.4) is 0 Å². The van der Waals surface area contributed by atoms with E-state index in [2.05, 4.69) is 24.3 Å². The molecule has 1 atom stereocenters. The first kappa shape index (κ1) is 24.9. The van der Waals surface area contributed by atoms with Crippen LogP contribution in [0.4, 0.5) is 0 Å². The molecule has 0 aliphatic carbocycles. The van der Waals surface area contributed by atoms with E-state index in [1.807, 2.05) is 17.0 Å². The first-order valence-corrected chi connectivity index (χ1v) is 12.3. The van der Waals surface area contributed by atoms with Gasteiger partial charge in [-0.2, -0.15) is 0 Å². The van der Waals surface area contributed by atoms with E-state index < -0.39 is 5.41 Å². The predicted molar refractivity (Wildman–Crippen MR) is 132 cm³/mol. The first-order chi connectivity index (χ1) is 17.0. The van der Waals surface area contributed by atoms with Gasteiger partial charge in [-0.1, -0.05) is 42.5 Å². The van der Waals surface area contributed by atoms with Crippen molar-refractivity contribution in [3.63, 3.8) is 0 Å². The Hall–Kier alpha value is -3.19. The molecule has 2 heterocycles. The van der Waals surface area contributed by atoms with Crippen LogP contribution in [0.5, 0.6) is 5.75 Å². The Balaban J connectivity index is 1.50. The van der Waals surface area contributed by atoms with Gasteiger partial charge in [-0.25, -0.2) is 0 Å². The SMILES string of the molecule is COCCN1C(=O)CC(CC(=O)N2CCC(Cc3ccccc3)CC2)(c2cccc(OC)c2)C1=O. The molecule has 2 aromatic rings. The van der Waals surface area contributed by atoms with E-state index in [0.717, 1.165) is 19.3 Å². The molecule has 0 bridgehead atoms. The zero-order valence-electron chi connectivity index (χ0n) is 20.6. The fraction of sp³-hybridized carbons (Fsp3) is 0.464. The average Bonchev–Trinajstić information content (AvgIpc) is 3.13. The lowest BCUT2D eigenvalue weighted by Crippen LogP contribution is -2.46. The topological polar surface area (TPSA) is 76.2 Å².